The lowest BCUT2D eigenvalue weighted by Crippen LogP contribution is -2.48. The minimum atomic E-state index is -0.147. The number of hydrogen-bond acceptors (Lipinski definition) is 2. The molecule has 1 aromatic rings. The molecule has 4 nitrogen and oxygen atoms in total. The number of amides is 2. The van der Waals surface area contributed by atoms with Crippen LogP contribution in [0.2, 0.25) is 0 Å². The van der Waals surface area contributed by atoms with Crippen LogP contribution in [0.25, 0.3) is 0 Å². The van der Waals surface area contributed by atoms with E-state index in [0.717, 1.165) is 30.5 Å². The molecule has 106 valence electrons. The van der Waals surface area contributed by atoms with Crippen molar-refractivity contribution in [2.45, 2.75) is 52.1 Å². The van der Waals surface area contributed by atoms with Crippen molar-refractivity contribution in [3.63, 3.8) is 0 Å². The summed E-state index contributed by atoms with van der Waals surface area (Å²) >= 11 is 0. The van der Waals surface area contributed by atoms with Gasteiger partial charge < -0.3 is 16.4 Å². The van der Waals surface area contributed by atoms with E-state index in [0.29, 0.717) is 6.54 Å². The van der Waals surface area contributed by atoms with Crippen LogP contribution in [0.1, 0.15) is 45.6 Å². The molecule has 0 saturated heterocycles. The highest BCUT2D eigenvalue weighted by atomic mass is 16.2. The molecule has 0 spiro atoms. The van der Waals surface area contributed by atoms with Crippen molar-refractivity contribution in [1.29, 1.82) is 0 Å². The van der Waals surface area contributed by atoms with Gasteiger partial charge >= 0.3 is 6.03 Å². The molecule has 2 amide bonds. The van der Waals surface area contributed by atoms with Gasteiger partial charge in [0.2, 0.25) is 0 Å². The van der Waals surface area contributed by atoms with Gasteiger partial charge in [0.15, 0.2) is 0 Å². The second-order valence-corrected chi connectivity index (χ2v) is 4.82. The molecule has 4 heteroatoms. The van der Waals surface area contributed by atoms with Crippen LogP contribution in [-0.2, 0) is 6.54 Å². The third-order valence-electron chi connectivity index (χ3n) is 3.86. The first-order chi connectivity index (χ1) is 9.09. The minimum Gasteiger partial charge on any atom is -0.332 e. The van der Waals surface area contributed by atoms with Gasteiger partial charge in [-0.1, -0.05) is 32.9 Å². The van der Waals surface area contributed by atoms with E-state index in [2.05, 4.69) is 31.4 Å². The van der Waals surface area contributed by atoms with Crippen LogP contribution in [0, 0.1) is 0 Å². The average Bonchev–Trinajstić information content (AvgIpc) is 2.46. The molecule has 19 heavy (non-hydrogen) atoms. The molecule has 1 rings (SSSR count). The summed E-state index contributed by atoms with van der Waals surface area (Å²) in [7, 11) is 0. The molecule has 0 bridgehead atoms. The van der Waals surface area contributed by atoms with Gasteiger partial charge in [0, 0.05) is 17.8 Å². The molecule has 0 unspecified atom stereocenters. The van der Waals surface area contributed by atoms with Gasteiger partial charge in [-0.2, -0.15) is 0 Å². The molecule has 0 aliphatic carbocycles. The molecule has 0 aromatic heterocycles. The smallest absolute Gasteiger partial charge is 0.319 e. The largest absolute Gasteiger partial charge is 0.332 e. The van der Waals surface area contributed by atoms with Gasteiger partial charge in [-0.25, -0.2) is 4.79 Å². The zero-order valence-electron chi connectivity index (χ0n) is 12.1. The van der Waals surface area contributed by atoms with Crippen LogP contribution in [-0.4, -0.2) is 11.6 Å². The number of carbonyl (C=O) groups is 1. The lowest BCUT2D eigenvalue weighted by atomic mass is 9.90. The van der Waals surface area contributed by atoms with Crippen LogP contribution < -0.4 is 16.4 Å². The van der Waals surface area contributed by atoms with Crippen molar-refractivity contribution in [2.24, 2.45) is 5.73 Å². The summed E-state index contributed by atoms with van der Waals surface area (Å²) in [4.78, 5) is 12.0. The van der Waals surface area contributed by atoms with Crippen molar-refractivity contribution in [2.75, 3.05) is 5.32 Å². The zero-order chi connectivity index (χ0) is 14.3. The number of urea groups is 1. The monoisotopic (exact) mass is 263 g/mol. The second kappa shape index (κ2) is 7.14. The Balaban J connectivity index is 2.63. The molecule has 0 aliphatic rings. The van der Waals surface area contributed by atoms with Gasteiger partial charge in [0.1, 0.15) is 0 Å². The zero-order valence-corrected chi connectivity index (χ0v) is 12.1. The Labute approximate surface area is 115 Å². The van der Waals surface area contributed by atoms with E-state index >= 15 is 0 Å². The number of rotatable bonds is 6. The van der Waals surface area contributed by atoms with Crippen molar-refractivity contribution in [3.8, 4) is 0 Å². The molecule has 1 aromatic carbocycles. The second-order valence-electron chi connectivity index (χ2n) is 4.82. The molecular formula is C15H25N3O. The predicted molar refractivity (Wildman–Crippen MR) is 80.1 cm³/mol. The number of anilines is 1. The Morgan fingerprint density at radius 1 is 1.11 bits per heavy atom. The highest BCUT2D eigenvalue weighted by molar-refractivity contribution is 5.89. The maximum Gasteiger partial charge on any atom is 0.319 e. The number of carbonyl (C=O) groups excluding carboxylic acids is 1. The number of benzene rings is 1. The first-order valence-electron chi connectivity index (χ1n) is 6.97. The standard InChI is InChI=1S/C15H25N3O/c1-4-15(5-2,6-3)18-14(19)17-13-9-7-12(11-16)8-10-13/h7-10H,4-6,11,16H2,1-3H3,(H2,17,18,19). The fraction of sp³-hybridized carbons (Fsp3) is 0.533. The molecule has 0 radical (unpaired) electrons. The van der Waals surface area contributed by atoms with Crippen molar-refractivity contribution >= 4 is 11.7 Å². The maximum atomic E-state index is 12.0. The Hall–Kier alpha value is -1.55. The SMILES string of the molecule is CCC(CC)(CC)NC(=O)Nc1ccc(CN)cc1. The highest BCUT2D eigenvalue weighted by Gasteiger charge is 2.25. The summed E-state index contributed by atoms with van der Waals surface area (Å²) in [5.41, 5.74) is 7.26. The topological polar surface area (TPSA) is 67.2 Å². The lowest BCUT2D eigenvalue weighted by molar-refractivity contribution is 0.229. The van der Waals surface area contributed by atoms with Gasteiger partial charge in [-0.05, 0) is 37.0 Å². The summed E-state index contributed by atoms with van der Waals surface area (Å²) in [5, 5.41) is 5.94. The van der Waals surface area contributed by atoms with Gasteiger partial charge in [0.05, 0.1) is 0 Å². The first-order valence-corrected chi connectivity index (χ1v) is 6.97. The van der Waals surface area contributed by atoms with Crippen LogP contribution in [0.15, 0.2) is 24.3 Å². The summed E-state index contributed by atoms with van der Waals surface area (Å²) in [6.45, 7) is 6.81. The van der Waals surface area contributed by atoms with Crippen molar-refractivity contribution < 1.29 is 4.79 Å². The normalized spacial score (nSPS) is 11.2. The van der Waals surface area contributed by atoms with Crippen LogP contribution in [0.4, 0.5) is 10.5 Å². The predicted octanol–water partition coefficient (Wildman–Crippen LogP) is 3.24. The summed E-state index contributed by atoms with van der Waals surface area (Å²) in [6.07, 6.45) is 2.79. The van der Waals surface area contributed by atoms with Gasteiger partial charge in [-0.15, -0.1) is 0 Å². The maximum absolute atomic E-state index is 12.0. The Morgan fingerprint density at radius 2 is 1.63 bits per heavy atom. The third kappa shape index (κ3) is 4.24. The minimum absolute atomic E-state index is 0.110. The van der Waals surface area contributed by atoms with E-state index in [9.17, 15) is 4.79 Å². The summed E-state index contributed by atoms with van der Waals surface area (Å²) in [6, 6.07) is 7.43. The molecule has 0 atom stereocenters. The summed E-state index contributed by atoms with van der Waals surface area (Å²) < 4.78 is 0. The van der Waals surface area contributed by atoms with E-state index in [1.807, 2.05) is 24.3 Å². The average molecular weight is 263 g/mol. The molecule has 0 heterocycles. The molecule has 0 aliphatic heterocycles. The quantitative estimate of drug-likeness (QED) is 0.737. The van der Waals surface area contributed by atoms with Crippen molar-refractivity contribution in [3.05, 3.63) is 29.8 Å². The van der Waals surface area contributed by atoms with Crippen LogP contribution >= 0.6 is 0 Å². The molecule has 4 N–H and O–H groups in total. The number of nitrogens with two attached hydrogens (primary N) is 1. The van der Waals surface area contributed by atoms with Gasteiger partial charge in [-0.3, -0.25) is 0 Å². The fourth-order valence-electron chi connectivity index (χ4n) is 2.14. The molecular weight excluding hydrogens is 238 g/mol. The highest BCUT2D eigenvalue weighted by Crippen LogP contribution is 2.19. The third-order valence-corrected chi connectivity index (χ3v) is 3.86. The van der Waals surface area contributed by atoms with Crippen molar-refractivity contribution in [1.82, 2.24) is 5.32 Å². The van der Waals surface area contributed by atoms with E-state index in [-0.39, 0.29) is 11.6 Å². The van der Waals surface area contributed by atoms with E-state index < -0.39 is 0 Å². The van der Waals surface area contributed by atoms with Gasteiger partial charge in [0.25, 0.3) is 0 Å². The first kappa shape index (κ1) is 15.5. The number of nitrogens with one attached hydrogen (secondary N) is 2. The van der Waals surface area contributed by atoms with E-state index in [4.69, 9.17) is 5.73 Å². The molecule has 0 fully saturated rings. The van der Waals surface area contributed by atoms with Crippen LogP contribution in [0.5, 0.6) is 0 Å². The Kier molecular flexibility index (Phi) is 5.83. The number of hydrogen-bond donors (Lipinski definition) is 3. The Bertz CT molecular complexity index is 388. The Morgan fingerprint density at radius 3 is 2.05 bits per heavy atom. The fourth-order valence-corrected chi connectivity index (χ4v) is 2.14. The van der Waals surface area contributed by atoms with E-state index in [1.165, 1.54) is 0 Å². The van der Waals surface area contributed by atoms with Crippen LogP contribution in [0.3, 0.4) is 0 Å². The molecule has 0 saturated carbocycles. The lowest BCUT2D eigenvalue weighted by Gasteiger charge is -2.31. The summed E-state index contributed by atoms with van der Waals surface area (Å²) in [5.74, 6) is 0. The van der Waals surface area contributed by atoms with E-state index in [1.54, 1.807) is 0 Å².